The second-order valence-corrected chi connectivity index (χ2v) is 7.14. The summed E-state index contributed by atoms with van der Waals surface area (Å²) < 4.78 is 5.16. The van der Waals surface area contributed by atoms with Crippen LogP contribution in [0.4, 0.5) is 4.79 Å². The molecule has 2 heterocycles. The molecule has 1 aliphatic heterocycles. The van der Waals surface area contributed by atoms with E-state index in [0.29, 0.717) is 18.9 Å². The lowest BCUT2D eigenvalue weighted by Gasteiger charge is -2.33. The molecule has 0 aliphatic carbocycles. The summed E-state index contributed by atoms with van der Waals surface area (Å²) in [6, 6.07) is 4.03. The topological polar surface area (TPSA) is 71.5 Å². The summed E-state index contributed by atoms with van der Waals surface area (Å²) in [7, 11) is 0. The van der Waals surface area contributed by atoms with Crippen LogP contribution in [0, 0.1) is 0 Å². The molecule has 0 aromatic carbocycles. The molecule has 2 rings (SSSR count). The lowest BCUT2D eigenvalue weighted by atomic mass is 9.91. The second-order valence-electron chi connectivity index (χ2n) is 7.14. The Morgan fingerprint density at radius 3 is 2.71 bits per heavy atom. The highest BCUT2D eigenvalue weighted by atomic mass is 16.6. The van der Waals surface area contributed by atoms with Crippen LogP contribution < -0.4 is 5.32 Å². The molecule has 1 aliphatic rings. The summed E-state index contributed by atoms with van der Waals surface area (Å²) in [4.78, 5) is 29.9. The quantitative estimate of drug-likeness (QED) is 0.919. The number of carbonyl (C=O) groups excluding carboxylic acids is 2. The van der Waals surface area contributed by atoms with Gasteiger partial charge in [0.05, 0.1) is 0 Å². The molecule has 1 aromatic heterocycles. The fourth-order valence-corrected chi connectivity index (χ4v) is 2.86. The van der Waals surface area contributed by atoms with Gasteiger partial charge in [0.1, 0.15) is 5.60 Å². The Morgan fingerprint density at radius 1 is 1.33 bits per heavy atom. The molecule has 0 spiro atoms. The predicted molar refractivity (Wildman–Crippen MR) is 91.6 cm³/mol. The van der Waals surface area contributed by atoms with Crippen LogP contribution in [0.1, 0.15) is 51.5 Å². The lowest BCUT2D eigenvalue weighted by Crippen LogP contribution is -2.41. The van der Waals surface area contributed by atoms with Gasteiger partial charge in [-0.3, -0.25) is 9.78 Å². The first kappa shape index (κ1) is 18.2. The molecule has 24 heavy (non-hydrogen) atoms. The van der Waals surface area contributed by atoms with Crippen LogP contribution in [-0.4, -0.2) is 47.1 Å². The number of pyridine rings is 1. The van der Waals surface area contributed by atoms with Crippen molar-refractivity contribution in [3.8, 4) is 0 Å². The highest BCUT2D eigenvalue weighted by molar-refractivity contribution is 5.77. The first-order chi connectivity index (χ1) is 11.3. The number of rotatable bonds is 4. The molecular weight excluding hydrogens is 306 g/mol. The van der Waals surface area contributed by atoms with Gasteiger partial charge in [-0.15, -0.1) is 0 Å². The molecule has 6 nitrogen and oxygen atoms in total. The third-order valence-electron chi connectivity index (χ3n) is 3.96. The van der Waals surface area contributed by atoms with E-state index in [9.17, 15) is 9.59 Å². The Hall–Kier alpha value is -2.11. The first-order valence-corrected chi connectivity index (χ1v) is 8.50. The molecule has 1 saturated heterocycles. The number of hydrogen-bond donors (Lipinski definition) is 1. The van der Waals surface area contributed by atoms with Crippen molar-refractivity contribution in [3.63, 3.8) is 0 Å². The Morgan fingerprint density at radius 2 is 2.04 bits per heavy atom. The summed E-state index contributed by atoms with van der Waals surface area (Å²) in [5.74, 6) is 0.439. The number of ether oxygens (including phenoxy) is 1. The van der Waals surface area contributed by atoms with E-state index in [1.54, 1.807) is 12.4 Å². The molecule has 6 heteroatoms. The molecule has 1 atom stereocenters. The van der Waals surface area contributed by atoms with Gasteiger partial charge in [-0.05, 0) is 51.3 Å². The molecular formula is C18H27N3O3. The maximum Gasteiger partial charge on any atom is 0.407 e. The highest BCUT2D eigenvalue weighted by Gasteiger charge is 2.24. The monoisotopic (exact) mass is 333 g/mol. The van der Waals surface area contributed by atoms with Gasteiger partial charge < -0.3 is 15.0 Å². The summed E-state index contributed by atoms with van der Waals surface area (Å²) in [6.07, 6.45) is 5.48. The van der Waals surface area contributed by atoms with Crippen molar-refractivity contribution in [3.05, 3.63) is 30.1 Å². The SMILES string of the molecule is CC(C)(C)OC(=O)NCCC(=O)N1CCCC(c2ccncc2)C1. The fourth-order valence-electron chi connectivity index (χ4n) is 2.86. The molecule has 0 saturated carbocycles. The zero-order chi connectivity index (χ0) is 17.6. The summed E-state index contributed by atoms with van der Waals surface area (Å²) in [6.45, 7) is 7.24. The minimum absolute atomic E-state index is 0.0739. The number of amides is 2. The average Bonchev–Trinajstić information content (AvgIpc) is 2.54. The average molecular weight is 333 g/mol. The molecule has 1 aromatic rings. The van der Waals surface area contributed by atoms with E-state index in [0.717, 1.165) is 25.9 Å². The van der Waals surface area contributed by atoms with Gasteiger partial charge in [0, 0.05) is 44.4 Å². The minimum Gasteiger partial charge on any atom is -0.444 e. The second kappa shape index (κ2) is 8.13. The molecule has 1 unspecified atom stereocenters. The van der Waals surface area contributed by atoms with Crippen LogP contribution in [-0.2, 0) is 9.53 Å². The standard InChI is InChI=1S/C18H27N3O3/c1-18(2,3)24-17(23)20-11-8-16(22)21-12-4-5-15(13-21)14-6-9-19-10-7-14/h6-7,9-10,15H,4-5,8,11-13H2,1-3H3,(H,20,23). The molecule has 132 valence electrons. The number of aromatic nitrogens is 1. The Kier molecular flexibility index (Phi) is 6.17. The zero-order valence-corrected chi connectivity index (χ0v) is 14.7. The number of likely N-dealkylation sites (tertiary alicyclic amines) is 1. The van der Waals surface area contributed by atoms with Gasteiger partial charge in [0.25, 0.3) is 0 Å². The minimum atomic E-state index is -0.529. The smallest absolute Gasteiger partial charge is 0.407 e. The largest absolute Gasteiger partial charge is 0.444 e. The van der Waals surface area contributed by atoms with Crippen LogP contribution in [0.3, 0.4) is 0 Å². The van der Waals surface area contributed by atoms with Gasteiger partial charge in [0.2, 0.25) is 5.91 Å². The van der Waals surface area contributed by atoms with Gasteiger partial charge >= 0.3 is 6.09 Å². The predicted octanol–water partition coefficient (Wildman–Crippen LogP) is 2.70. The maximum absolute atomic E-state index is 12.4. The van der Waals surface area contributed by atoms with Crippen molar-refractivity contribution in [1.82, 2.24) is 15.2 Å². The molecule has 1 N–H and O–H groups in total. The van der Waals surface area contributed by atoms with Crippen molar-refractivity contribution < 1.29 is 14.3 Å². The number of carbonyl (C=O) groups is 2. The van der Waals surface area contributed by atoms with Crippen LogP contribution >= 0.6 is 0 Å². The van der Waals surface area contributed by atoms with E-state index < -0.39 is 11.7 Å². The highest BCUT2D eigenvalue weighted by Crippen LogP contribution is 2.26. The number of nitrogens with zero attached hydrogens (tertiary/aromatic N) is 2. The van der Waals surface area contributed by atoms with Crippen molar-refractivity contribution in [2.75, 3.05) is 19.6 Å². The zero-order valence-electron chi connectivity index (χ0n) is 14.7. The molecule has 2 amide bonds. The van der Waals surface area contributed by atoms with Crippen LogP contribution in [0.2, 0.25) is 0 Å². The lowest BCUT2D eigenvalue weighted by molar-refractivity contribution is -0.132. The van der Waals surface area contributed by atoms with Crippen molar-refractivity contribution in [2.24, 2.45) is 0 Å². The summed E-state index contributed by atoms with van der Waals surface area (Å²) in [5.41, 5.74) is 0.702. The van der Waals surface area contributed by atoms with Gasteiger partial charge in [0.15, 0.2) is 0 Å². The third-order valence-corrected chi connectivity index (χ3v) is 3.96. The Bertz CT molecular complexity index is 554. The number of piperidine rings is 1. The molecule has 0 bridgehead atoms. The van der Waals surface area contributed by atoms with Crippen molar-refractivity contribution in [2.45, 2.75) is 51.6 Å². The van der Waals surface area contributed by atoms with E-state index in [-0.39, 0.29) is 5.91 Å². The van der Waals surface area contributed by atoms with E-state index in [1.165, 1.54) is 5.56 Å². The van der Waals surface area contributed by atoms with E-state index in [1.807, 2.05) is 37.8 Å². The van der Waals surface area contributed by atoms with Crippen LogP contribution in [0.5, 0.6) is 0 Å². The Balaban J connectivity index is 1.77. The van der Waals surface area contributed by atoms with Gasteiger partial charge in [-0.2, -0.15) is 0 Å². The van der Waals surface area contributed by atoms with E-state index in [2.05, 4.69) is 10.3 Å². The van der Waals surface area contributed by atoms with Gasteiger partial charge in [-0.1, -0.05) is 0 Å². The van der Waals surface area contributed by atoms with E-state index in [4.69, 9.17) is 4.74 Å². The molecule has 1 fully saturated rings. The summed E-state index contributed by atoms with van der Waals surface area (Å²) in [5, 5.41) is 2.64. The van der Waals surface area contributed by atoms with Gasteiger partial charge in [-0.25, -0.2) is 4.79 Å². The third kappa shape index (κ3) is 5.83. The van der Waals surface area contributed by atoms with Crippen molar-refractivity contribution >= 4 is 12.0 Å². The van der Waals surface area contributed by atoms with Crippen molar-refractivity contribution in [1.29, 1.82) is 0 Å². The number of hydrogen-bond acceptors (Lipinski definition) is 4. The fraction of sp³-hybridized carbons (Fsp3) is 0.611. The molecule has 0 radical (unpaired) electrons. The maximum atomic E-state index is 12.4. The van der Waals surface area contributed by atoms with Crippen LogP contribution in [0.25, 0.3) is 0 Å². The summed E-state index contributed by atoms with van der Waals surface area (Å²) >= 11 is 0. The normalized spacial score (nSPS) is 18.1. The Labute approximate surface area is 143 Å². The number of nitrogens with one attached hydrogen (secondary N) is 1. The first-order valence-electron chi connectivity index (χ1n) is 8.50. The van der Waals surface area contributed by atoms with Crippen LogP contribution in [0.15, 0.2) is 24.5 Å². The number of alkyl carbamates (subject to hydrolysis) is 1. The van der Waals surface area contributed by atoms with E-state index >= 15 is 0 Å².